The van der Waals surface area contributed by atoms with Gasteiger partial charge < -0.3 is 14.6 Å². The van der Waals surface area contributed by atoms with Crippen molar-refractivity contribution in [2.24, 2.45) is 0 Å². The molecule has 9 heteroatoms. The highest BCUT2D eigenvalue weighted by molar-refractivity contribution is 7.17. The molecule has 3 aromatic carbocycles. The minimum absolute atomic E-state index is 0.0233. The van der Waals surface area contributed by atoms with E-state index in [1.165, 1.54) is 11.0 Å². The van der Waals surface area contributed by atoms with E-state index in [2.05, 4.69) is 11.6 Å². The summed E-state index contributed by atoms with van der Waals surface area (Å²) < 4.78 is 11.1. The van der Waals surface area contributed by atoms with Crippen molar-refractivity contribution in [2.75, 3.05) is 11.5 Å². The van der Waals surface area contributed by atoms with E-state index in [-0.39, 0.29) is 27.9 Å². The number of rotatable bonds is 10. The number of aliphatic hydroxyl groups excluding tert-OH is 1. The summed E-state index contributed by atoms with van der Waals surface area (Å²) in [5.41, 5.74) is 4.51. The average Bonchev–Trinajstić information content (AvgIpc) is 3.55. The highest BCUT2D eigenvalue weighted by Gasteiger charge is 2.48. The van der Waals surface area contributed by atoms with Crippen LogP contribution in [0.1, 0.15) is 56.1 Å². The second-order valence-electron chi connectivity index (χ2n) is 10.3. The fraction of sp³-hybridized carbons (Fsp3) is 0.200. The average molecular weight is 609 g/mol. The molecule has 1 amide bonds. The maximum Gasteiger partial charge on any atom is 0.350 e. The Morgan fingerprint density at radius 2 is 1.75 bits per heavy atom. The van der Waals surface area contributed by atoms with Crippen LogP contribution in [0.15, 0.2) is 91.0 Å². The summed E-state index contributed by atoms with van der Waals surface area (Å²) in [6.07, 6.45) is 2.26. The summed E-state index contributed by atoms with van der Waals surface area (Å²) >= 11 is 0.955. The summed E-state index contributed by atoms with van der Waals surface area (Å²) in [4.78, 5) is 45.7. The van der Waals surface area contributed by atoms with Crippen LogP contribution in [0.5, 0.6) is 5.75 Å². The Bertz CT molecular complexity index is 1750. The van der Waals surface area contributed by atoms with Gasteiger partial charge in [-0.05, 0) is 66.8 Å². The molecule has 1 saturated heterocycles. The van der Waals surface area contributed by atoms with E-state index in [1.807, 2.05) is 62.4 Å². The van der Waals surface area contributed by atoms with Crippen LogP contribution in [0.4, 0.5) is 5.13 Å². The minimum Gasteiger partial charge on any atom is -0.507 e. The molecule has 0 aliphatic carbocycles. The molecule has 0 saturated carbocycles. The van der Waals surface area contributed by atoms with Crippen molar-refractivity contribution in [2.45, 2.75) is 39.8 Å². The summed E-state index contributed by atoms with van der Waals surface area (Å²) in [6, 6.07) is 21.2. The number of ether oxygens (including phenoxy) is 2. The van der Waals surface area contributed by atoms with Gasteiger partial charge in [-0.15, -0.1) is 0 Å². The van der Waals surface area contributed by atoms with Crippen LogP contribution in [0.25, 0.3) is 5.76 Å². The summed E-state index contributed by atoms with van der Waals surface area (Å²) in [5, 5.41) is 11.7. The van der Waals surface area contributed by atoms with E-state index < -0.39 is 23.7 Å². The van der Waals surface area contributed by atoms with Gasteiger partial charge in [-0.1, -0.05) is 79.4 Å². The Labute approximate surface area is 259 Å². The van der Waals surface area contributed by atoms with Crippen LogP contribution >= 0.6 is 11.3 Å². The first-order valence-corrected chi connectivity index (χ1v) is 15.0. The molecule has 4 aromatic rings. The first-order chi connectivity index (χ1) is 21.2. The zero-order chi connectivity index (χ0) is 31.4. The van der Waals surface area contributed by atoms with Gasteiger partial charge in [0.2, 0.25) is 0 Å². The van der Waals surface area contributed by atoms with E-state index in [1.54, 1.807) is 31.2 Å². The number of nitrogens with zero attached hydrogens (tertiary/aromatic N) is 2. The molecule has 0 radical (unpaired) electrons. The van der Waals surface area contributed by atoms with Gasteiger partial charge in [0.15, 0.2) is 5.13 Å². The van der Waals surface area contributed by atoms with Crippen molar-refractivity contribution in [1.82, 2.24) is 4.98 Å². The fourth-order valence-electron chi connectivity index (χ4n) is 4.95. The Hall–Kier alpha value is -5.02. The Morgan fingerprint density at radius 1 is 1.05 bits per heavy atom. The van der Waals surface area contributed by atoms with Crippen molar-refractivity contribution in [1.29, 1.82) is 0 Å². The Kier molecular flexibility index (Phi) is 9.06. The molecule has 0 bridgehead atoms. The molecular weight excluding hydrogens is 576 g/mol. The third-order valence-electron chi connectivity index (χ3n) is 7.44. The molecule has 1 N–H and O–H groups in total. The van der Waals surface area contributed by atoms with Crippen molar-refractivity contribution >= 4 is 39.9 Å². The monoisotopic (exact) mass is 608 g/mol. The van der Waals surface area contributed by atoms with Gasteiger partial charge in [-0.25, -0.2) is 9.78 Å². The quantitative estimate of drug-likeness (QED) is 0.0689. The second-order valence-corrected chi connectivity index (χ2v) is 11.3. The van der Waals surface area contributed by atoms with Gasteiger partial charge in [-0.2, -0.15) is 0 Å². The van der Waals surface area contributed by atoms with E-state index in [0.717, 1.165) is 34.4 Å². The number of thiazole rings is 1. The molecule has 1 fully saturated rings. The van der Waals surface area contributed by atoms with Crippen LogP contribution < -0.4 is 9.64 Å². The molecule has 1 aromatic heterocycles. The predicted molar refractivity (Wildman–Crippen MR) is 170 cm³/mol. The smallest absolute Gasteiger partial charge is 0.350 e. The number of benzene rings is 3. The van der Waals surface area contributed by atoms with Crippen LogP contribution in [0.2, 0.25) is 0 Å². The number of aromatic nitrogens is 1. The zero-order valence-electron chi connectivity index (χ0n) is 24.7. The lowest BCUT2D eigenvalue weighted by Gasteiger charge is -2.23. The lowest BCUT2D eigenvalue weighted by molar-refractivity contribution is -0.132. The molecule has 1 aliphatic rings. The number of Topliss-reactive ketones (excluding diaryl/α,β-unsaturated/α-hetero) is 1. The molecule has 8 nitrogen and oxygen atoms in total. The topological polar surface area (TPSA) is 106 Å². The third-order valence-corrected chi connectivity index (χ3v) is 8.58. The summed E-state index contributed by atoms with van der Waals surface area (Å²) in [7, 11) is 0. The number of hydrogen-bond donors (Lipinski definition) is 1. The summed E-state index contributed by atoms with van der Waals surface area (Å²) in [6.45, 7) is 9.64. The number of carbonyl (C=O) groups excluding carboxylic acids is 3. The van der Waals surface area contributed by atoms with Crippen molar-refractivity contribution < 1.29 is 29.0 Å². The summed E-state index contributed by atoms with van der Waals surface area (Å²) in [5.74, 6) is -2.04. The van der Waals surface area contributed by atoms with Gasteiger partial charge in [0.05, 0.1) is 17.3 Å². The molecule has 44 heavy (non-hydrogen) atoms. The van der Waals surface area contributed by atoms with Crippen LogP contribution in [-0.2, 0) is 27.4 Å². The van der Waals surface area contributed by atoms with E-state index >= 15 is 0 Å². The van der Waals surface area contributed by atoms with Gasteiger partial charge in [0.1, 0.15) is 29.6 Å². The third kappa shape index (κ3) is 6.05. The second kappa shape index (κ2) is 13.1. The lowest BCUT2D eigenvalue weighted by Crippen LogP contribution is -2.29. The molecule has 1 aliphatic heterocycles. The first-order valence-electron chi connectivity index (χ1n) is 14.2. The largest absolute Gasteiger partial charge is 0.507 e. The standard InChI is InChI=1S/C35H32N2O6S/c1-5-19-42-34(41)32-22(4)36-35(44-32)37-29(24-13-11-23(6-2)12-14-24)28(31(39)33(37)40)30(38)25-15-17-27(18-16-25)43-20-26-10-8-7-9-21(26)3/h5,7-18,29,38H,1,6,19-20H2,2-4H3. The maximum atomic E-state index is 13.6. The molecule has 224 valence electrons. The fourth-order valence-corrected chi connectivity index (χ4v) is 5.94. The van der Waals surface area contributed by atoms with Gasteiger partial charge in [-0.3, -0.25) is 14.5 Å². The highest BCUT2D eigenvalue weighted by atomic mass is 32.1. The number of aliphatic hydroxyl groups is 1. The number of hydrogen-bond acceptors (Lipinski definition) is 8. The molecule has 1 atom stereocenters. The molecule has 2 heterocycles. The highest BCUT2D eigenvalue weighted by Crippen LogP contribution is 2.44. The molecule has 5 rings (SSSR count). The Morgan fingerprint density at radius 3 is 2.41 bits per heavy atom. The minimum atomic E-state index is -0.972. The van der Waals surface area contributed by atoms with E-state index in [0.29, 0.717) is 29.2 Å². The molecule has 1 unspecified atom stereocenters. The number of ketones is 1. The SMILES string of the molecule is C=CCOC(=O)c1sc(N2C(=O)C(=O)C(=C(O)c3ccc(OCc4ccccc4C)cc3)C2c2ccc(CC)cc2)nc1C. The lowest BCUT2D eigenvalue weighted by atomic mass is 9.94. The number of anilines is 1. The predicted octanol–water partition coefficient (Wildman–Crippen LogP) is 6.87. The van der Waals surface area contributed by atoms with Crippen LogP contribution in [-0.4, -0.2) is 34.4 Å². The van der Waals surface area contributed by atoms with E-state index in [9.17, 15) is 19.5 Å². The Balaban J connectivity index is 1.52. The van der Waals surface area contributed by atoms with Gasteiger partial charge in [0, 0.05) is 5.56 Å². The van der Waals surface area contributed by atoms with Gasteiger partial charge in [0.25, 0.3) is 5.78 Å². The zero-order valence-corrected chi connectivity index (χ0v) is 25.5. The molecule has 0 spiro atoms. The van der Waals surface area contributed by atoms with Gasteiger partial charge >= 0.3 is 11.9 Å². The van der Waals surface area contributed by atoms with Crippen molar-refractivity contribution in [3.63, 3.8) is 0 Å². The maximum absolute atomic E-state index is 13.6. The number of carbonyl (C=O) groups is 3. The number of amides is 1. The van der Waals surface area contributed by atoms with Crippen molar-refractivity contribution in [3.05, 3.63) is 129 Å². The molecular formula is C35H32N2O6S. The van der Waals surface area contributed by atoms with Crippen molar-refractivity contribution in [3.8, 4) is 5.75 Å². The normalized spacial score (nSPS) is 15.8. The van der Waals surface area contributed by atoms with E-state index in [4.69, 9.17) is 9.47 Å². The number of esters is 1. The van der Waals surface area contributed by atoms with Crippen LogP contribution in [0, 0.1) is 13.8 Å². The van der Waals surface area contributed by atoms with Crippen LogP contribution in [0.3, 0.4) is 0 Å². The number of aryl methyl sites for hydroxylation is 3. The first kappa shape index (κ1) is 30.4.